The highest BCUT2D eigenvalue weighted by atomic mass is 16.5. The monoisotopic (exact) mass is 256 g/mol. The molecule has 1 N–H and O–H groups in total. The predicted octanol–water partition coefficient (Wildman–Crippen LogP) is 2.26. The first-order valence-electron chi connectivity index (χ1n) is 6.28. The highest BCUT2D eigenvalue weighted by Gasteiger charge is 2.16. The summed E-state index contributed by atoms with van der Waals surface area (Å²) in [6.07, 6.45) is 4.60. The average molecular weight is 256 g/mol. The van der Waals surface area contributed by atoms with Crippen LogP contribution in [0.4, 0.5) is 0 Å². The molecule has 1 aliphatic rings. The second kappa shape index (κ2) is 7.87. The lowest BCUT2D eigenvalue weighted by atomic mass is 10.1. The van der Waals surface area contributed by atoms with Crippen molar-refractivity contribution in [2.75, 3.05) is 13.2 Å². The molecule has 1 aliphatic carbocycles. The van der Waals surface area contributed by atoms with E-state index in [2.05, 4.69) is 0 Å². The van der Waals surface area contributed by atoms with Crippen LogP contribution in [0, 0.1) is 0 Å². The van der Waals surface area contributed by atoms with Gasteiger partial charge < -0.3 is 14.6 Å². The van der Waals surface area contributed by atoms with Crippen LogP contribution >= 0.6 is 0 Å². The van der Waals surface area contributed by atoms with Gasteiger partial charge in [0.2, 0.25) is 0 Å². The van der Waals surface area contributed by atoms with E-state index in [1.807, 2.05) is 0 Å². The van der Waals surface area contributed by atoms with Crippen LogP contribution in [-0.4, -0.2) is 30.3 Å². The van der Waals surface area contributed by atoms with Crippen molar-refractivity contribution in [3.63, 3.8) is 0 Å². The van der Waals surface area contributed by atoms with Gasteiger partial charge in [0.1, 0.15) is 5.76 Å². The lowest BCUT2D eigenvalue weighted by molar-refractivity contribution is -0.138. The summed E-state index contributed by atoms with van der Waals surface area (Å²) in [5, 5.41) is 8.43. The Hall–Kier alpha value is -1.36. The van der Waals surface area contributed by atoms with E-state index in [1.54, 1.807) is 0 Å². The minimum absolute atomic E-state index is 0.0430. The van der Waals surface area contributed by atoms with Gasteiger partial charge in [-0.15, -0.1) is 0 Å². The lowest BCUT2D eigenvalue weighted by Crippen LogP contribution is -2.04. The first kappa shape index (κ1) is 14.7. The molecule has 0 aromatic heterocycles. The van der Waals surface area contributed by atoms with Gasteiger partial charge in [0, 0.05) is 20.0 Å². The summed E-state index contributed by atoms with van der Waals surface area (Å²) in [5.41, 5.74) is 1.20. The minimum atomic E-state index is -0.842. The fourth-order valence-corrected chi connectivity index (χ4v) is 1.99. The van der Waals surface area contributed by atoms with Gasteiger partial charge in [0.25, 0.3) is 0 Å². The molecular weight excluding hydrogens is 236 g/mol. The normalized spacial score (nSPS) is 14.9. The smallest absolute Gasteiger partial charge is 0.307 e. The molecule has 0 saturated carbocycles. The number of hydrogen-bond acceptors (Lipinski definition) is 4. The Bertz CT molecular complexity index is 332. The van der Waals surface area contributed by atoms with E-state index in [-0.39, 0.29) is 19.0 Å². The largest absolute Gasteiger partial charge is 0.481 e. The molecule has 0 fully saturated rings. The van der Waals surface area contributed by atoms with Crippen molar-refractivity contribution in [1.82, 2.24) is 0 Å². The van der Waals surface area contributed by atoms with E-state index in [1.165, 1.54) is 12.5 Å². The Labute approximate surface area is 107 Å². The molecule has 0 radical (unpaired) electrons. The first-order chi connectivity index (χ1) is 8.59. The van der Waals surface area contributed by atoms with Crippen LogP contribution in [0.25, 0.3) is 0 Å². The maximum absolute atomic E-state index is 10.9. The van der Waals surface area contributed by atoms with Crippen LogP contribution in [-0.2, 0) is 19.1 Å². The summed E-state index contributed by atoms with van der Waals surface area (Å²) < 4.78 is 10.4. The predicted molar refractivity (Wildman–Crippen MR) is 64.9 cm³/mol. The molecule has 0 aromatic carbocycles. The molecule has 0 saturated heterocycles. The highest BCUT2D eigenvalue weighted by molar-refractivity contribution is 5.67. The first-order valence-corrected chi connectivity index (χ1v) is 6.28. The zero-order valence-electron chi connectivity index (χ0n) is 10.7. The summed E-state index contributed by atoms with van der Waals surface area (Å²) in [6.45, 7) is 2.22. The third-order valence-electron chi connectivity index (χ3n) is 2.77. The summed E-state index contributed by atoms with van der Waals surface area (Å²) in [5.74, 6) is -0.277. The van der Waals surface area contributed by atoms with Crippen LogP contribution in [0.15, 0.2) is 11.3 Å². The molecule has 0 spiro atoms. The van der Waals surface area contributed by atoms with Gasteiger partial charge in [0.05, 0.1) is 13.0 Å². The Balaban J connectivity index is 2.17. The molecular formula is C13H20O5. The van der Waals surface area contributed by atoms with Gasteiger partial charge in [-0.05, 0) is 31.3 Å². The van der Waals surface area contributed by atoms with E-state index >= 15 is 0 Å². The summed E-state index contributed by atoms with van der Waals surface area (Å²) in [4.78, 5) is 21.1. The maximum Gasteiger partial charge on any atom is 0.307 e. The van der Waals surface area contributed by atoms with E-state index in [0.29, 0.717) is 6.61 Å². The van der Waals surface area contributed by atoms with Crippen molar-refractivity contribution >= 4 is 11.9 Å². The van der Waals surface area contributed by atoms with Crippen molar-refractivity contribution in [3.8, 4) is 0 Å². The lowest BCUT2D eigenvalue weighted by Gasteiger charge is -2.07. The number of aliphatic carboxylic acids is 1. The van der Waals surface area contributed by atoms with E-state index in [0.717, 1.165) is 37.9 Å². The van der Waals surface area contributed by atoms with E-state index < -0.39 is 5.97 Å². The van der Waals surface area contributed by atoms with Crippen molar-refractivity contribution in [1.29, 1.82) is 0 Å². The number of carbonyl (C=O) groups excluding carboxylic acids is 1. The second-order valence-electron chi connectivity index (χ2n) is 4.33. The van der Waals surface area contributed by atoms with Crippen molar-refractivity contribution in [2.45, 2.75) is 45.4 Å². The molecule has 5 heteroatoms. The summed E-state index contributed by atoms with van der Waals surface area (Å²) >= 11 is 0. The number of carboxylic acid groups (broad SMARTS) is 1. The van der Waals surface area contributed by atoms with Crippen molar-refractivity contribution in [2.24, 2.45) is 0 Å². The van der Waals surface area contributed by atoms with Gasteiger partial charge in [-0.3, -0.25) is 9.59 Å². The molecule has 0 unspecified atom stereocenters. The quantitative estimate of drug-likeness (QED) is 0.532. The zero-order valence-corrected chi connectivity index (χ0v) is 10.7. The number of hydrogen-bond donors (Lipinski definition) is 1. The molecule has 102 valence electrons. The third kappa shape index (κ3) is 5.82. The highest BCUT2D eigenvalue weighted by Crippen LogP contribution is 2.30. The topological polar surface area (TPSA) is 72.8 Å². The van der Waals surface area contributed by atoms with Gasteiger partial charge in [-0.1, -0.05) is 0 Å². The van der Waals surface area contributed by atoms with Crippen LogP contribution in [0.5, 0.6) is 0 Å². The SMILES string of the molecule is CC(=O)OC1=C(CCCOCCC(=O)O)CCC1. The second-order valence-corrected chi connectivity index (χ2v) is 4.33. The van der Waals surface area contributed by atoms with E-state index in [9.17, 15) is 9.59 Å². The number of carboxylic acids is 1. The van der Waals surface area contributed by atoms with Crippen LogP contribution in [0.1, 0.15) is 45.4 Å². The van der Waals surface area contributed by atoms with Crippen molar-refractivity contribution < 1.29 is 24.2 Å². The zero-order chi connectivity index (χ0) is 13.4. The molecule has 5 nitrogen and oxygen atoms in total. The van der Waals surface area contributed by atoms with Gasteiger partial charge in [-0.2, -0.15) is 0 Å². The number of allylic oxidation sites excluding steroid dienone is 2. The molecule has 0 amide bonds. The summed E-state index contributed by atoms with van der Waals surface area (Å²) in [7, 11) is 0. The number of esters is 1. The Morgan fingerprint density at radius 2 is 2.06 bits per heavy atom. The fourth-order valence-electron chi connectivity index (χ4n) is 1.99. The molecule has 18 heavy (non-hydrogen) atoms. The average Bonchev–Trinajstić information content (AvgIpc) is 2.69. The van der Waals surface area contributed by atoms with Gasteiger partial charge in [0.15, 0.2) is 0 Å². The molecule has 0 aliphatic heterocycles. The number of carbonyl (C=O) groups is 2. The van der Waals surface area contributed by atoms with Gasteiger partial charge in [-0.25, -0.2) is 0 Å². The van der Waals surface area contributed by atoms with Crippen molar-refractivity contribution in [3.05, 3.63) is 11.3 Å². The number of ether oxygens (including phenoxy) is 2. The standard InChI is InChI=1S/C13H20O5/c1-10(14)18-12-6-2-4-11(12)5-3-8-17-9-7-13(15)16/h2-9H2,1H3,(H,15,16). The van der Waals surface area contributed by atoms with E-state index in [4.69, 9.17) is 14.6 Å². The minimum Gasteiger partial charge on any atom is -0.481 e. The van der Waals surface area contributed by atoms with Gasteiger partial charge >= 0.3 is 11.9 Å². The Morgan fingerprint density at radius 1 is 1.28 bits per heavy atom. The fraction of sp³-hybridized carbons (Fsp3) is 0.692. The Kier molecular flexibility index (Phi) is 6.43. The molecule has 0 aromatic rings. The molecule has 1 rings (SSSR count). The maximum atomic E-state index is 10.9. The molecule has 0 bridgehead atoms. The third-order valence-corrected chi connectivity index (χ3v) is 2.77. The van der Waals surface area contributed by atoms with Crippen LogP contribution in [0.2, 0.25) is 0 Å². The number of rotatable bonds is 8. The Morgan fingerprint density at radius 3 is 2.72 bits per heavy atom. The summed E-state index contributed by atoms with van der Waals surface area (Å²) in [6, 6.07) is 0. The molecule has 0 atom stereocenters. The molecule has 0 heterocycles. The van der Waals surface area contributed by atoms with Crippen LogP contribution in [0.3, 0.4) is 0 Å². The van der Waals surface area contributed by atoms with Crippen LogP contribution < -0.4 is 0 Å².